The number of likely N-dealkylation sites (N-methyl/N-ethyl adjacent to an activating group) is 1. The molecule has 1 aromatic carbocycles. The largest absolute Gasteiger partial charge is 0.486 e. The van der Waals surface area contributed by atoms with Gasteiger partial charge in [0.05, 0.1) is 11.6 Å². The van der Waals surface area contributed by atoms with E-state index < -0.39 is 0 Å². The molecular weight excluding hydrogens is 296 g/mol. The Bertz CT molecular complexity index is 630. The average molecular weight is 311 g/mol. The van der Waals surface area contributed by atoms with E-state index >= 15 is 0 Å². The van der Waals surface area contributed by atoms with Crippen LogP contribution in [0.5, 0.6) is 5.75 Å². The van der Waals surface area contributed by atoms with Crippen LogP contribution >= 0.6 is 11.6 Å². The molecule has 1 aromatic heterocycles. The van der Waals surface area contributed by atoms with Gasteiger partial charge in [0.2, 0.25) is 5.91 Å². The van der Waals surface area contributed by atoms with Gasteiger partial charge < -0.3 is 15.2 Å². The van der Waals surface area contributed by atoms with Gasteiger partial charge in [0.15, 0.2) is 0 Å². The molecule has 0 radical (unpaired) electrons. The lowest BCUT2D eigenvalue weighted by Gasteiger charge is -2.10. The van der Waals surface area contributed by atoms with Gasteiger partial charge in [-0.05, 0) is 12.1 Å². The third-order valence-electron chi connectivity index (χ3n) is 2.84. The zero-order chi connectivity index (χ0) is 15.2. The molecule has 0 bridgehead atoms. The summed E-state index contributed by atoms with van der Waals surface area (Å²) >= 11 is 6.01. The number of hydrogen-bond acceptors (Lipinski definition) is 5. The minimum atomic E-state index is -0.283. The molecule has 0 aliphatic carbocycles. The first-order valence-corrected chi connectivity index (χ1v) is 6.63. The van der Waals surface area contributed by atoms with Gasteiger partial charge in [-0.15, -0.1) is 5.10 Å². The molecule has 0 saturated heterocycles. The van der Waals surface area contributed by atoms with Gasteiger partial charge >= 0.3 is 0 Å². The lowest BCUT2D eigenvalue weighted by molar-refractivity contribution is -0.121. The van der Waals surface area contributed by atoms with Crippen molar-refractivity contribution < 1.29 is 14.6 Å². The number of aliphatic hydroxyl groups is 1. The van der Waals surface area contributed by atoms with Crippen molar-refractivity contribution >= 4 is 17.5 Å². The van der Waals surface area contributed by atoms with E-state index in [2.05, 4.69) is 15.6 Å². The smallest absolute Gasteiger partial charge is 0.241 e. The number of aliphatic hydroxyl groups excluding tert-OH is 1. The van der Waals surface area contributed by atoms with E-state index in [1.165, 1.54) is 11.7 Å². The van der Waals surface area contributed by atoms with E-state index in [1.54, 1.807) is 24.3 Å². The predicted molar refractivity (Wildman–Crippen MR) is 75.8 cm³/mol. The summed E-state index contributed by atoms with van der Waals surface area (Å²) in [5.74, 6) is 0.291. The van der Waals surface area contributed by atoms with Crippen LogP contribution in [0, 0.1) is 0 Å². The molecule has 112 valence electrons. The molecule has 0 atom stereocenters. The maximum absolute atomic E-state index is 11.4. The third kappa shape index (κ3) is 3.71. The number of nitrogens with one attached hydrogen (secondary N) is 1. The zero-order valence-corrected chi connectivity index (χ0v) is 12.2. The lowest BCUT2D eigenvalue weighted by Crippen LogP contribution is -2.25. The van der Waals surface area contributed by atoms with Crippen LogP contribution in [-0.4, -0.2) is 33.1 Å². The second-order valence-electron chi connectivity index (χ2n) is 4.19. The van der Waals surface area contributed by atoms with Crippen molar-refractivity contribution in [2.75, 3.05) is 7.05 Å². The number of carbonyl (C=O) groups excluding carboxylic acids is 1. The van der Waals surface area contributed by atoms with E-state index in [9.17, 15) is 9.90 Å². The fourth-order valence-corrected chi connectivity index (χ4v) is 1.89. The summed E-state index contributed by atoms with van der Waals surface area (Å²) in [5.41, 5.74) is 0.895. The third-order valence-corrected chi connectivity index (χ3v) is 3.15. The molecule has 0 spiro atoms. The topological polar surface area (TPSA) is 89.3 Å². The number of amides is 1. The number of aromatic nitrogens is 3. The highest BCUT2D eigenvalue weighted by Gasteiger charge is 2.15. The van der Waals surface area contributed by atoms with Crippen LogP contribution in [0.15, 0.2) is 24.3 Å². The van der Waals surface area contributed by atoms with Crippen LogP contribution in [0.25, 0.3) is 0 Å². The number of ether oxygens (including phenoxy) is 1. The molecule has 0 aliphatic rings. The van der Waals surface area contributed by atoms with Gasteiger partial charge in [-0.3, -0.25) is 4.79 Å². The van der Waals surface area contributed by atoms with Gasteiger partial charge in [-0.25, -0.2) is 4.68 Å². The van der Waals surface area contributed by atoms with Crippen molar-refractivity contribution in [2.45, 2.75) is 19.8 Å². The Balaban J connectivity index is 2.16. The number of nitrogens with zero attached hydrogens (tertiary/aromatic N) is 3. The summed E-state index contributed by atoms with van der Waals surface area (Å²) in [5, 5.41) is 19.9. The van der Waals surface area contributed by atoms with Crippen molar-refractivity contribution in [3.05, 3.63) is 40.7 Å². The number of benzene rings is 1. The fraction of sp³-hybridized carbons (Fsp3) is 0.308. The molecule has 0 unspecified atom stereocenters. The van der Waals surface area contributed by atoms with Crippen molar-refractivity contribution in [1.29, 1.82) is 0 Å². The highest BCUT2D eigenvalue weighted by Crippen LogP contribution is 2.24. The van der Waals surface area contributed by atoms with E-state index in [-0.39, 0.29) is 25.7 Å². The second-order valence-corrected chi connectivity index (χ2v) is 4.60. The van der Waals surface area contributed by atoms with Crippen molar-refractivity contribution in [1.82, 2.24) is 20.3 Å². The second kappa shape index (κ2) is 7.05. The average Bonchev–Trinajstić information content (AvgIpc) is 2.88. The molecule has 0 aliphatic heterocycles. The molecule has 1 heterocycles. The quantitative estimate of drug-likeness (QED) is 0.822. The first-order chi connectivity index (χ1) is 10.2. The Kier molecular flexibility index (Phi) is 5.13. The highest BCUT2D eigenvalue weighted by molar-refractivity contribution is 6.32. The molecule has 2 aromatic rings. The summed E-state index contributed by atoms with van der Waals surface area (Å²) in [6.07, 6.45) is 0. The lowest BCUT2D eigenvalue weighted by atomic mass is 10.3. The Labute approximate surface area is 126 Å². The minimum Gasteiger partial charge on any atom is -0.486 e. The van der Waals surface area contributed by atoms with Crippen LogP contribution in [0.3, 0.4) is 0 Å². The van der Waals surface area contributed by atoms with E-state index in [0.29, 0.717) is 22.2 Å². The number of rotatable bonds is 6. The first-order valence-electron chi connectivity index (χ1n) is 6.25. The van der Waals surface area contributed by atoms with Crippen LogP contribution in [0.1, 0.15) is 11.4 Å². The maximum Gasteiger partial charge on any atom is 0.241 e. The molecule has 2 rings (SSSR count). The van der Waals surface area contributed by atoms with Crippen LogP contribution < -0.4 is 10.1 Å². The molecule has 21 heavy (non-hydrogen) atoms. The monoisotopic (exact) mass is 310 g/mol. The summed E-state index contributed by atoms with van der Waals surface area (Å²) in [7, 11) is 1.53. The van der Waals surface area contributed by atoms with Gasteiger partial charge in [0.1, 0.15) is 30.3 Å². The summed E-state index contributed by atoms with van der Waals surface area (Å²) in [4.78, 5) is 11.4. The van der Waals surface area contributed by atoms with Gasteiger partial charge in [0, 0.05) is 7.05 Å². The molecule has 7 nitrogen and oxygen atoms in total. The van der Waals surface area contributed by atoms with Crippen molar-refractivity contribution in [3.63, 3.8) is 0 Å². The number of carbonyl (C=O) groups is 1. The molecule has 2 N–H and O–H groups in total. The van der Waals surface area contributed by atoms with Gasteiger partial charge in [0.25, 0.3) is 0 Å². The van der Waals surface area contributed by atoms with Gasteiger partial charge in [-0.2, -0.15) is 0 Å². The summed E-state index contributed by atoms with van der Waals surface area (Å²) in [6.45, 7) is -0.177. The molecular formula is C13H15ClN4O3. The maximum atomic E-state index is 11.4. The molecule has 1 amide bonds. The normalized spacial score (nSPS) is 10.4. The van der Waals surface area contributed by atoms with Crippen molar-refractivity contribution in [2.24, 2.45) is 0 Å². The Morgan fingerprint density at radius 3 is 2.90 bits per heavy atom. The SMILES string of the molecule is CNC(=O)Cn1nnc(CO)c1COc1ccccc1Cl. The molecule has 0 fully saturated rings. The first kappa shape index (κ1) is 15.3. The molecule has 0 saturated carbocycles. The van der Waals surface area contributed by atoms with Crippen LogP contribution in [-0.2, 0) is 24.6 Å². The highest BCUT2D eigenvalue weighted by atomic mass is 35.5. The fourth-order valence-electron chi connectivity index (χ4n) is 1.70. The Morgan fingerprint density at radius 1 is 1.48 bits per heavy atom. The van der Waals surface area contributed by atoms with E-state index in [0.717, 1.165) is 0 Å². The number of halogens is 1. The number of para-hydroxylation sites is 1. The summed E-state index contributed by atoms with van der Waals surface area (Å²) < 4.78 is 6.99. The predicted octanol–water partition coefficient (Wildman–Crippen LogP) is 0.749. The van der Waals surface area contributed by atoms with Crippen LogP contribution in [0.4, 0.5) is 0 Å². The minimum absolute atomic E-state index is 0.00468. The number of hydrogen-bond donors (Lipinski definition) is 2. The zero-order valence-electron chi connectivity index (χ0n) is 11.4. The van der Waals surface area contributed by atoms with Crippen molar-refractivity contribution in [3.8, 4) is 5.75 Å². The summed E-state index contributed by atoms with van der Waals surface area (Å²) in [6, 6.07) is 7.04. The Morgan fingerprint density at radius 2 is 2.24 bits per heavy atom. The standard InChI is InChI=1S/C13H15ClN4O3/c1-15-13(20)6-18-11(10(7-19)16-17-18)8-21-12-5-3-2-4-9(12)14/h2-5,19H,6-8H2,1H3,(H,15,20). The van der Waals surface area contributed by atoms with E-state index in [1.807, 2.05) is 0 Å². The van der Waals surface area contributed by atoms with Crippen LogP contribution in [0.2, 0.25) is 5.02 Å². The molecule has 8 heteroatoms. The van der Waals surface area contributed by atoms with Gasteiger partial charge in [-0.1, -0.05) is 28.9 Å². The Hall–Kier alpha value is -2.12. The van der Waals surface area contributed by atoms with E-state index in [4.69, 9.17) is 16.3 Å².